The number of nitrogens with one attached hydrogen (secondary N) is 1. The molecule has 1 unspecified atom stereocenters. The highest BCUT2D eigenvalue weighted by molar-refractivity contribution is 5.80. The Kier molecular flexibility index (Phi) is 26.2. The van der Waals surface area contributed by atoms with E-state index in [2.05, 4.69) is 73.8 Å². The van der Waals surface area contributed by atoms with E-state index in [0.29, 0.717) is 25.7 Å². The Hall–Kier alpha value is -3.41. The smallest absolute Gasteiger partial charge is 0.322 e. The van der Waals surface area contributed by atoms with Crippen LogP contribution in [-0.4, -0.2) is 35.6 Å². The van der Waals surface area contributed by atoms with E-state index in [9.17, 15) is 14.4 Å². The number of aliphatic carboxylic acids is 1. The number of carboxylic acids is 1. The topological polar surface area (TPSA) is 92.7 Å². The average Bonchev–Trinajstić information content (AvgIpc) is 2.93. The minimum atomic E-state index is -1.04. The van der Waals surface area contributed by atoms with E-state index < -0.39 is 12.1 Å². The summed E-state index contributed by atoms with van der Waals surface area (Å²) in [5.74, 6) is -1.51. The molecule has 0 aliphatic carbocycles. The van der Waals surface area contributed by atoms with Crippen LogP contribution in [0.2, 0.25) is 0 Å². The van der Waals surface area contributed by atoms with E-state index in [1.807, 2.05) is 30.4 Å². The normalized spacial score (nSPS) is 13.2. The lowest BCUT2D eigenvalue weighted by atomic mass is 10.1. The molecule has 0 aromatic heterocycles. The number of hydrogen-bond acceptors (Lipinski definition) is 4. The molecular weight excluding hydrogens is 502 g/mol. The molecule has 0 saturated carbocycles. The summed E-state index contributed by atoms with van der Waals surface area (Å²) in [5.41, 5.74) is 0. The van der Waals surface area contributed by atoms with Crippen LogP contribution in [0.4, 0.5) is 0 Å². The van der Waals surface area contributed by atoms with Crippen LogP contribution < -0.4 is 5.32 Å². The molecule has 222 valence electrons. The molecule has 0 fully saturated rings. The second-order valence-corrected chi connectivity index (χ2v) is 9.24. The number of carboxylic acid groups (broad SMARTS) is 1. The third-order valence-electron chi connectivity index (χ3n) is 5.54. The highest BCUT2D eigenvalue weighted by Gasteiger charge is 2.08. The highest BCUT2D eigenvalue weighted by atomic mass is 16.5. The van der Waals surface area contributed by atoms with Crippen LogP contribution in [0, 0.1) is 0 Å². The van der Waals surface area contributed by atoms with Crippen molar-refractivity contribution < 1.29 is 24.2 Å². The third kappa shape index (κ3) is 27.6. The molecular formula is C34H51NO5. The van der Waals surface area contributed by atoms with Crippen molar-refractivity contribution in [3.63, 3.8) is 0 Å². The van der Waals surface area contributed by atoms with Crippen molar-refractivity contribution in [2.75, 3.05) is 6.54 Å². The Balaban J connectivity index is 4.36. The second-order valence-electron chi connectivity index (χ2n) is 9.24. The van der Waals surface area contributed by atoms with E-state index in [1.54, 1.807) is 0 Å². The van der Waals surface area contributed by atoms with Gasteiger partial charge in [-0.15, -0.1) is 0 Å². The lowest BCUT2D eigenvalue weighted by Gasteiger charge is -2.10. The zero-order chi connectivity index (χ0) is 29.5. The van der Waals surface area contributed by atoms with Gasteiger partial charge in [-0.2, -0.15) is 0 Å². The molecule has 6 heteroatoms. The first kappa shape index (κ1) is 36.6. The Morgan fingerprint density at radius 3 is 1.80 bits per heavy atom. The first-order chi connectivity index (χ1) is 19.5. The number of ether oxygens (including phenoxy) is 1. The zero-order valence-corrected chi connectivity index (χ0v) is 24.6. The standard InChI is InChI=1S/C34H51NO5/c1-3-5-7-9-10-11-12-13-14-15-16-21-25-29-34(39)40-31(26-22-18-8-6-4-2)27-23-19-17-20-24-28-32(36)35-30-33(37)38/h5-8,10-11,13-14,16,21-23,26-27,31H,3-4,9,12,15,17-20,24-25,28-30H2,1-2H3,(H,35,36)(H,37,38)/b7-5-,8-6-,11-10-,14-13-,21-16-,26-22-,27-23-. The summed E-state index contributed by atoms with van der Waals surface area (Å²) in [7, 11) is 0. The van der Waals surface area contributed by atoms with Crippen LogP contribution >= 0.6 is 0 Å². The van der Waals surface area contributed by atoms with Gasteiger partial charge >= 0.3 is 11.9 Å². The molecule has 0 saturated heterocycles. The van der Waals surface area contributed by atoms with Crippen molar-refractivity contribution in [1.82, 2.24) is 5.32 Å². The zero-order valence-electron chi connectivity index (χ0n) is 24.6. The number of amides is 1. The van der Waals surface area contributed by atoms with Gasteiger partial charge in [-0.25, -0.2) is 0 Å². The number of esters is 1. The summed E-state index contributed by atoms with van der Waals surface area (Å²) in [5, 5.41) is 10.9. The maximum absolute atomic E-state index is 12.4. The summed E-state index contributed by atoms with van der Waals surface area (Å²) in [6.45, 7) is 3.88. The molecule has 0 radical (unpaired) electrons. The number of rotatable bonds is 24. The Morgan fingerprint density at radius 2 is 1.20 bits per heavy atom. The molecule has 0 aromatic rings. The van der Waals surface area contributed by atoms with Crippen molar-refractivity contribution in [2.24, 2.45) is 0 Å². The van der Waals surface area contributed by atoms with Crippen molar-refractivity contribution in [1.29, 1.82) is 0 Å². The lowest BCUT2D eigenvalue weighted by Crippen LogP contribution is -2.28. The van der Waals surface area contributed by atoms with E-state index in [0.717, 1.165) is 57.8 Å². The molecule has 0 spiro atoms. The molecule has 0 bridgehead atoms. The lowest BCUT2D eigenvalue weighted by molar-refractivity contribution is -0.145. The van der Waals surface area contributed by atoms with Gasteiger partial charge in [-0.05, 0) is 76.4 Å². The molecule has 0 aliphatic heterocycles. The van der Waals surface area contributed by atoms with Crippen LogP contribution in [0.1, 0.15) is 97.3 Å². The molecule has 40 heavy (non-hydrogen) atoms. The monoisotopic (exact) mass is 553 g/mol. The number of hydrogen-bond donors (Lipinski definition) is 2. The van der Waals surface area contributed by atoms with E-state index >= 15 is 0 Å². The van der Waals surface area contributed by atoms with Crippen molar-refractivity contribution in [3.05, 3.63) is 85.1 Å². The van der Waals surface area contributed by atoms with Crippen molar-refractivity contribution in [3.8, 4) is 0 Å². The fourth-order valence-corrected chi connectivity index (χ4v) is 3.42. The average molecular weight is 554 g/mol. The number of unbranched alkanes of at least 4 members (excludes halogenated alkanes) is 3. The summed E-state index contributed by atoms with van der Waals surface area (Å²) >= 11 is 0. The van der Waals surface area contributed by atoms with Crippen LogP contribution in [0.15, 0.2) is 85.1 Å². The van der Waals surface area contributed by atoms with Gasteiger partial charge in [0.1, 0.15) is 12.6 Å². The van der Waals surface area contributed by atoms with E-state index in [1.165, 1.54) is 0 Å². The predicted octanol–water partition coefficient (Wildman–Crippen LogP) is 8.10. The fourth-order valence-electron chi connectivity index (χ4n) is 3.42. The van der Waals surface area contributed by atoms with Gasteiger partial charge < -0.3 is 15.2 Å². The minimum Gasteiger partial charge on any atom is -0.480 e. The maximum atomic E-state index is 12.4. The van der Waals surface area contributed by atoms with Gasteiger partial charge in [0.15, 0.2) is 0 Å². The largest absolute Gasteiger partial charge is 0.480 e. The summed E-state index contributed by atoms with van der Waals surface area (Å²) < 4.78 is 5.67. The van der Waals surface area contributed by atoms with Crippen LogP contribution in [-0.2, 0) is 19.1 Å². The molecule has 0 aromatic carbocycles. The number of carbonyl (C=O) groups is 3. The minimum absolute atomic E-state index is 0.224. The Labute approximate surface area is 242 Å². The van der Waals surface area contributed by atoms with Crippen molar-refractivity contribution in [2.45, 2.75) is 103 Å². The van der Waals surface area contributed by atoms with Gasteiger partial charge in [-0.3, -0.25) is 14.4 Å². The van der Waals surface area contributed by atoms with Crippen LogP contribution in [0.25, 0.3) is 0 Å². The van der Waals surface area contributed by atoms with E-state index in [4.69, 9.17) is 9.84 Å². The summed E-state index contributed by atoms with van der Waals surface area (Å²) in [4.78, 5) is 34.4. The van der Waals surface area contributed by atoms with Crippen molar-refractivity contribution >= 4 is 17.8 Å². The van der Waals surface area contributed by atoms with Crippen LogP contribution in [0.3, 0.4) is 0 Å². The predicted molar refractivity (Wildman–Crippen MR) is 166 cm³/mol. The number of carbonyl (C=O) groups excluding carboxylic acids is 2. The molecule has 1 amide bonds. The molecule has 0 rings (SSSR count). The SMILES string of the molecule is CC/C=C\C/C=C\C/C=C\C/C=C\CCC(=O)OC(/C=C\C/C=C\CC)/C=C\CCCCCC(=O)NCC(=O)O. The van der Waals surface area contributed by atoms with Gasteiger partial charge in [0.2, 0.25) is 5.91 Å². The first-order valence-corrected chi connectivity index (χ1v) is 14.8. The van der Waals surface area contributed by atoms with Gasteiger partial charge in [0, 0.05) is 12.8 Å². The quantitative estimate of drug-likeness (QED) is 0.0715. The fraction of sp³-hybridized carbons (Fsp3) is 0.500. The summed E-state index contributed by atoms with van der Waals surface area (Å²) in [6.07, 6.45) is 38.9. The van der Waals surface area contributed by atoms with E-state index in [-0.39, 0.29) is 18.4 Å². The molecule has 0 heterocycles. The molecule has 2 N–H and O–H groups in total. The third-order valence-corrected chi connectivity index (χ3v) is 5.54. The molecule has 6 nitrogen and oxygen atoms in total. The first-order valence-electron chi connectivity index (χ1n) is 14.8. The molecule has 0 aliphatic rings. The second kappa shape index (κ2) is 28.6. The Bertz CT molecular complexity index is 877. The molecule has 1 atom stereocenters. The van der Waals surface area contributed by atoms with Crippen LogP contribution in [0.5, 0.6) is 0 Å². The van der Waals surface area contributed by atoms with Gasteiger partial charge in [0.25, 0.3) is 0 Å². The summed E-state index contributed by atoms with van der Waals surface area (Å²) in [6, 6.07) is 0. The maximum Gasteiger partial charge on any atom is 0.322 e. The van der Waals surface area contributed by atoms with Gasteiger partial charge in [0.05, 0.1) is 0 Å². The Morgan fingerprint density at radius 1 is 0.650 bits per heavy atom. The number of allylic oxidation sites excluding steroid dienone is 12. The highest BCUT2D eigenvalue weighted by Crippen LogP contribution is 2.08. The van der Waals surface area contributed by atoms with Gasteiger partial charge in [-0.1, -0.05) is 93.2 Å².